The molecule has 0 fully saturated rings. The van der Waals surface area contributed by atoms with Crippen LogP contribution in [-0.4, -0.2) is 11.0 Å². The van der Waals surface area contributed by atoms with Crippen LogP contribution in [0.15, 0.2) is 78.9 Å². The highest BCUT2D eigenvalue weighted by Gasteiger charge is 2.33. The van der Waals surface area contributed by atoms with Crippen LogP contribution in [0.4, 0.5) is 24.5 Å². The number of amides is 1. The Bertz CT molecular complexity index is 1040. The molecule has 0 spiro atoms. The summed E-state index contributed by atoms with van der Waals surface area (Å²) in [5.74, 6) is -0.274. The maximum Gasteiger partial charge on any atom is 0.418 e. The van der Waals surface area contributed by atoms with Crippen molar-refractivity contribution < 1.29 is 18.0 Å². The molecular weight excluding hydrogens is 411 g/mol. The minimum absolute atomic E-state index is 0.0199. The van der Waals surface area contributed by atoms with Crippen LogP contribution in [0.5, 0.6) is 0 Å². The first-order valence-corrected chi connectivity index (χ1v) is 9.40. The fourth-order valence-corrected chi connectivity index (χ4v) is 2.97. The Kier molecular flexibility index (Phi) is 6.68. The first-order chi connectivity index (χ1) is 14.3. The summed E-state index contributed by atoms with van der Waals surface area (Å²) in [7, 11) is 0. The molecule has 0 aliphatic rings. The molecule has 1 amide bonds. The Morgan fingerprint density at radius 1 is 0.867 bits per heavy atom. The molecule has 0 atom stereocenters. The van der Waals surface area contributed by atoms with Gasteiger partial charge in [0, 0.05) is 17.8 Å². The zero-order valence-electron chi connectivity index (χ0n) is 15.7. The molecule has 8 heteroatoms. The third kappa shape index (κ3) is 5.81. The summed E-state index contributed by atoms with van der Waals surface area (Å²) in [5, 5.41) is 8.17. The second kappa shape index (κ2) is 9.41. The molecule has 0 saturated carbocycles. The van der Waals surface area contributed by atoms with Gasteiger partial charge in [-0.05, 0) is 48.1 Å². The summed E-state index contributed by atoms with van der Waals surface area (Å²) in [6, 6.07) is 21.1. The van der Waals surface area contributed by atoms with Crippen molar-refractivity contribution >= 4 is 34.6 Å². The van der Waals surface area contributed by atoms with Gasteiger partial charge in [-0.15, -0.1) is 0 Å². The average molecular weight is 429 g/mol. The Labute approximate surface area is 177 Å². The zero-order chi connectivity index (χ0) is 21.6. The zero-order valence-corrected chi connectivity index (χ0v) is 16.5. The Morgan fingerprint density at radius 3 is 2.30 bits per heavy atom. The number of hydrogen-bond donors (Lipinski definition) is 3. The van der Waals surface area contributed by atoms with Gasteiger partial charge in [0.15, 0.2) is 5.11 Å². The first-order valence-electron chi connectivity index (χ1n) is 8.99. The largest absolute Gasteiger partial charge is 0.418 e. The van der Waals surface area contributed by atoms with E-state index in [4.69, 9.17) is 12.2 Å². The monoisotopic (exact) mass is 429 g/mol. The number of halogens is 3. The van der Waals surface area contributed by atoms with Gasteiger partial charge < -0.3 is 16.0 Å². The van der Waals surface area contributed by atoms with Crippen LogP contribution in [-0.2, 0) is 12.7 Å². The van der Waals surface area contributed by atoms with Crippen LogP contribution in [0.25, 0.3) is 0 Å². The van der Waals surface area contributed by atoms with E-state index >= 15 is 0 Å². The number of anilines is 2. The molecule has 3 N–H and O–H groups in total. The number of nitrogens with one attached hydrogen (secondary N) is 3. The van der Waals surface area contributed by atoms with Crippen LogP contribution in [0, 0.1) is 0 Å². The maximum atomic E-state index is 13.1. The second-order valence-electron chi connectivity index (χ2n) is 6.37. The fraction of sp³-hybridized carbons (Fsp3) is 0.0909. The van der Waals surface area contributed by atoms with Crippen molar-refractivity contribution in [3.05, 3.63) is 95.6 Å². The fourth-order valence-electron chi connectivity index (χ4n) is 2.74. The Morgan fingerprint density at radius 2 is 1.57 bits per heavy atom. The summed E-state index contributed by atoms with van der Waals surface area (Å²) in [4.78, 5) is 12.4. The lowest BCUT2D eigenvalue weighted by molar-refractivity contribution is -0.136. The van der Waals surface area contributed by atoms with E-state index in [0.29, 0.717) is 17.8 Å². The SMILES string of the molecule is O=C(NCc1ccccc1)c1cccc(NC(=S)Nc2ccccc2C(F)(F)F)c1. The maximum absolute atomic E-state index is 13.1. The summed E-state index contributed by atoms with van der Waals surface area (Å²) < 4.78 is 39.3. The lowest BCUT2D eigenvalue weighted by atomic mass is 10.1. The standard InChI is InChI=1S/C22H18F3N3OS/c23-22(24,25)18-11-4-5-12-19(18)28-21(30)27-17-10-6-9-16(13-17)20(29)26-14-15-7-2-1-3-8-15/h1-13H,14H2,(H,26,29)(H2,27,28,30). The van der Waals surface area contributed by atoms with Gasteiger partial charge in [-0.2, -0.15) is 13.2 Å². The van der Waals surface area contributed by atoms with E-state index in [1.165, 1.54) is 18.2 Å². The summed E-state index contributed by atoms with van der Waals surface area (Å²) in [6.07, 6.45) is -4.50. The number of hydrogen-bond acceptors (Lipinski definition) is 2. The van der Waals surface area contributed by atoms with Crippen LogP contribution in [0.1, 0.15) is 21.5 Å². The molecule has 0 aliphatic heterocycles. The van der Waals surface area contributed by atoms with E-state index in [9.17, 15) is 18.0 Å². The van der Waals surface area contributed by atoms with Crippen LogP contribution >= 0.6 is 12.2 Å². The van der Waals surface area contributed by atoms with E-state index in [-0.39, 0.29) is 16.7 Å². The molecule has 0 radical (unpaired) electrons. The number of para-hydroxylation sites is 1. The van der Waals surface area contributed by atoms with Crippen molar-refractivity contribution in [1.29, 1.82) is 0 Å². The van der Waals surface area contributed by atoms with E-state index in [0.717, 1.165) is 11.6 Å². The molecule has 0 aromatic heterocycles. The minimum atomic E-state index is -4.50. The van der Waals surface area contributed by atoms with Crippen LogP contribution < -0.4 is 16.0 Å². The van der Waals surface area contributed by atoms with Gasteiger partial charge in [0.2, 0.25) is 0 Å². The Hall–Kier alpha value is -3.39. The average Bonchev–Trinajstić information content (AvgIpc) is 2.72. The van der Waals surface area contributed by atoms with Crippen molar-refractivity contribution in [2.45, 2.75) is 12.7 Å². The molecule has 0 bridgehead atoms. The minimum Gasteiger partial charge on any atom is -0.348 e. The number of alkyl halides is 3. The van der Waals surface area contributed by atoms with Crippen molar-refractivity contribution in [2.75, 3.05) is 10.6 Å². The van der Waals surface area contributed by atoms with Crippen molar-refractivity contribution in [3.63, 3.8) is 0 Å². The highest BCUT2D eigenvalue weighted by Crippen LogP contribution is 2.34. The van der Waals surface area contributed by atoms with Crippen molar-refractivity contribution in [2.24, 2.45) is 0 Å². The third-order valence-electron chi connectivity index (χ3n) is 4.16. The molecule has 30 heavy (non-hydrogen) atoms. The molecule has 154 valence electrons. The quantitative estimate of drug-likeness (QED) is 0.473. The number of benzene rings is 3. The lowest BCUT2D eigenvalue weighted by Gasteiger charge is -2.16. The molecule has 3 aromatic rings. The van der Waals surface area contributed by atoms with Crippen LogP contribution in [0.3, 0.4) is 0 Å². The molecule has 3 rings (SSSR count). The highest BCUT2D eigenvalue weighted by atomic mass is 32.1. The first kappa shape index (κ1) is 21.3. The Balaban J connectivity index is 1.64. The van der Waals surface area contributed by atoms with Crippen molar-refractivity contribution in [3.8, 4) is 0 Å². The summed E-state index contributed by atoms with van der Waals surface area (Å²) in [6.45, 7) is 0.380. The third-order valence-corrected chi connectivity index (χ3v) is 4.36. The number of rotatable bonds is 5. The second-order valence-corrected chi connectivity index (χ2v) is 6.78. The van der Waals surface area contributed by atoms with E-state index in [1.54, 1.807) is 24.3 Å². The predicted molar refractivity (Wildman–Crippen MR) is 115 cm³/mol. The summed E-state index contributed by atoms with van der Waals surface area (Å²) in [5.41, 5.74) is 0.870. The molecule has 0 heterocycles. The predicted octanol–water partition coefficient (Wildman–Crippen LogP) is 5.44. The van der Waals surface area contributed by atoms with Gasteiger partial charge in [-0.3, -0.25) is 4.79 Å². The van der Waals surface area contributed by atoms with Crippen LogP contribution in [0.2, 0.25) is 0 Å². The number of thiocarbonyl (C=S) groups is 1. The topological polar surface area (TPSA) is 53.2 Å². The molecule has 3 aromatic carbocycles. The summed E-state index contributed by atoms with van der Waals surface area (Å²) >= 11 is 5.13. The van der Waals surface area contributed by atoms with Gasteiger partial charge in [-0.25, -0.2) is 0 Å². The van der Waals surface area contributed by atoms with Gasteiger partial charge in [0.05, 0.1) is 11.3 Å². The molecule has 0 unspecified atom stereocenters. The normalized spacial score (nSPS) is 10.9. The van der Waals surface area contributed by atoms with E-state index in [1.807, 2.05) is 30.3 Å². The molecular formula is C22H18F3N3OS. The molecule has 0 aliphatic carbocycles. The molecule has 4 nitrogen and oxygen atoms in total. The number of carbonyl (C=O) groups is 1. The van der Waals surface area contributed by atoms with Gasteiger partial charge in [-0.1, -0.05) is 48.5 Å². The van der Waals surface area contributed by atoms with E-state index in [2.05, 4.69) is 16.0 Å². The smallest absolute Gasteiger partial charge is 0.348 e. The number of carbonyl (C=O) groups excluding carboxylic acids is 1. The van der Waals surface area contributed by atoms with Crippen molar-refractivity contribution in [1.82, 2.24) is 5.32 Å². The van der Waals surface area contributed by atoms with Gasteiger partial charge >= 0.3 is 6.18 Å². The van der Waals surface area contributed by atoms with Gasteiger partial charge in [0.1, 0.15) is 0 Å². The van der Waals surface area contributed by atoms with E-state index < -0.39 is 11.7 Å². The lowest BCUT2D eigenvalue weighted by Crippen LogP contribution is -2.24. The molecule has 0 saturated heterocycles. The highest BCUT2D eigenvalue weighted by molar-refractivity contribution is 7.80. The van der Waals surface area contributed by atoms with Gasteiger partial charge in [0.25, 0.3) is 5.91 Å².